The van der Waals surface area contributed by atoms with Crippen molar-refractivity contribution in [3.63, 3.8) is 0 Å². The van der Waals surface area contributed by atoms with E-state index < -0.39 is 0 Å². The highest BCUT2D eigenvalue weighted by Crippen LogP contribution is 2.20. The Morgan fingerprint density at radius 3 is 0.980 bits per heavy atom. The van der Waals surface area contributed by atoms with Crippen molar-refractivity contribution in [2.45, 2.75) is 151 Å². The fourth-order valence-electron chi connectivity index (χ4n) is 4.22. The minimum atomic E-state index is 0. The van der Waals surface area contributed by atoms with Crippen LogP contribution in [0.2, 0.25) is 0 Å². The average molecular weight is 839 g/mol. The molecule has 0 saturated carbocycles. The molecule has 4 aromatic carbocycles. The highest BCUT2D eigenvalue weighted by molar-refractivity contribution is 9.09. The van der Waals surface area contributed by atoms with Crippen molar-refractivity contribution in [2.24, 2.45) is 0 Å². The van der Waals surface area contributed by atoms with Crippen LogP contribution in [0, 0.1) is 13.8 Å². The van der Waals surface area contributed by atoms with Crippen molar-refractivity contribution in [2.75, 3.05) is 7.05 Å². The molecule has 4 heteroatoms. The molecule has 1 N–H and O–H groups in total. The number of hydrogen-bond acceptors (Lipinski definition) is 2. The lowest BCUT2D eigenvalue weighted by Gasteiger charge is -2.02. The zero-order chi connectivity index (χ0) is 34.5. The summed E-state index contributed by atoms with van der Waals surface area (Å²) in [6.07, 6.45) is 0. The first-order valence-electron chi connectivity index (χ1n) is 16.8. The summed E-state index contributed by atoms with van der Waals surface area (Å²) in [7, 11) is 2.15. The van der Waals surface area contributed by atoms with E-state index in [1.54, 1.807) is 0 Å². The lowest BCUT2D eigenvalue weighted by atomic mass is 10.1. The van der Waals surface area contributed by atoms with Gasteiger partial charge in [-0.2, -0.15) is 0 Å². The van der Waals surface area contributed by atoms with Gasteiger partial charge in [-0.1, -0.05) is 229 Å². The number of benzene rings is 4. The molecule has 298 valence electrons. The summed E-state index contributed by atoms with van der Waals surface area (Å²) in [6.45, 7) is 24.6. The van der Waals surface area contributed by atoms with Gasteiger partial charge in [0.05, 0.1) is 0 Å². The fraction of sp³-hybridized carbons (Fsp3) is 0.489. The molecule has 6 rings (SSSR count). The smallest absolute Gasteiger partial charge is 0.0286 e. The average Bonchev–Trinajstić information content (AvgIpc) is 3.76. The second-order valence-electron chi connectivity index (χ2n) is 9.43. The van der Waals surface area contributed by atoms with Gasteiger partial charge in [-0.25, -0.2) is 0 Å². The van der Waals surface area contributed by atoms with Crippen LogP contribution in [0.15, 0.2) is 97.1 Å². The molecule has 0 atom stereocenters. The van der Waals surface area contributed by atoms with Crippen LogP contribution >= 0.6 is 31.9 Å². The zero-order valence-corrected chi connectivity index (χ0v) is 33.4. The summed E-state index contributed by atoms with van der Waals surface area (Å²) >= 11 is 6.86. The van der Waals surface area contributed by atoms with Gasteiger partial charge in [0, 0.05) is 36.8 Å². The molecule has 0 radical (unpaired) electrons. The van der Waals surface area contributed by atoms with Gasteiger partial charge in [-0.15, -0.1) is 0 Å². The summed E-state index contributed by atoms with van der Waals surface area (Å²) in [4.78, 5) is 2.32. The molecular formula is C47H86Br2N2. The molecule has 4 aromatic rings. The third kappa shape index (κ3) is 28.0. The molecule has 0 unspecified atom stereocenters. The Morgan fingerprint density at radius 2 is 0.706 bits per heavy atom. The number of nitrogens with one attached hydrogen (secondary N) is 1. The van der Waals surface area contributed by atoms with E-state index in [2.05, 4.69) is 160 Å². The zero-order valence-electron chi connectivity index (χ0n) is 30.2. The van der Waals surface area contributed by atoms with Crippen LogP contribution in [0.4, 0.5) is 0 Å². The Labute approximate surface area is 339 Å². The van der Waals surface area contributed by atoms with Crippen molar-refractivity contribution in [3.05, 3.63) is 142 Å². The lowest BCUT2D eigenvalue weighted by Crippen LogP contribution is -2.07. The number of halogens is 2. The van der Waals surface area contributed by atoms with Crippen LogP contribution in [0.5, 0.6) is 0 Å². The topological polar surface area (TPSA) is 15.3 Å². The van der Waals surface area contributed by atoms with Crippen LogP contribution in [-0.2, 0) is 36.8 Å². The Hall–Kier alpha value is -2.24. The molecule has 0 spiro atoms. The Morgan fingerprint density at radius 1 is 0.451 bits per heavy atom. The maximum absolute atomic E-state index is 3.43. The van der Waals surface area contributed by atoms with Gasteiger partial charge < -0.3 is 5.32 Å². The van der Waals surface area contributed by atoms with Gasteiger partial charge in [0.15, 0.2) is 0 Å². The van der Waals surface area contributed by atoms with Crippen LogP contribution in [0.1, 0.15) is 144 Å². The SMILES string of the molecule is BrCc1ccccc1CBr.C.C.C.C.C.C.CC.CC.CC.CC.CN1Cc2ccccc2C1.Cc1ccccc1C.c1ccc2c(c1)CNC2. The molecule has 2 aliphatic rings. The summed E-state index contributed by atoms with van der Waals surface area (Å²) < 4.78 is 0. The summed E-state index contributed by atoms with van der Waals surface area (Å²) in [5.41, 5.74) is 11.4. The van der Waals surface area contributed by atoms with Crippen molar-refractivity contribution in [3.8, 4) is 0 Å². The number of alkyl halides is 2. The summed E-state index contributed by atoms with van der Waals surface area (Å²) in [5.74, 6) is 0. The van der Waals surface area contributed by atoms with Crippen molar-refractivity contribution in [1.82, 2.24) is 10.2 Å². The Balaban J connectivity index is -0.0000000730. The molecule has 0 bridgehead atoms. The fourth-order valence-corrected chi connectivity index (χ4v) is 5.31. The minimum absolute atomic E-state index is 0. The molecule has 2 heterocycles. The van der Waals surface area contributed by atoms with Gasteiger partial charge in [0.1, 0.15) is 0 Å². The van der Waals surface area contributed by atoms with Crippen molar-refractivity contribution >= 4 is 31.9 Å². The van der Waals surface area contributed by atoms with E-state index >= 15 is 0 Å². The molecule has 51 heavy (non-hydrogen) atoms. The van der Waals surface area contributed by atoms with E-state index in [9.17, 15) is 0 Å². The largest absolute Gasteiger partial charge is 0.309 e. The van der Waals surface area contributed by atoms with Gasteiger partial charge in [-0.3, -0.25) is 4.90 Å². The molecule has 2 nitrogen and oxygen atoms in total. The van der Waals surface area contributed by atoms with E-state index in [0.29, 0.717) is 0 Å². The molecule has 0 amide bonds. The van der Waals surface area contributed by atoms with Crippen LogP contribution in [0.3, 0.4) is 0 Å². The van der Waals surface area contributed by atoms with Crippen LogP contribution in [0.25, 0.3) is 0 Å². The summed E-state index contributed by atoms with van der Waals surface area (Å²) in [5, 5.41) is 5.17. The second kappa shape index (κ2) is 45.8. The van der Waals surface area contributed by atoms with Gasteiger partial charge in [-0.05, 0) is 65.4 Å². The number of nitrogens with zero attached hydrogens (tertiary/aromatic N) is 1. The first-order chi connectivity index (χ1) is 22.0. The highest BCUT2D eigenvalue weighted by Gasteiger charge is 2.13. The predicted molar refractivity (Wildman–Crippen MR) is 252 cm³/mol. The molecule has 0 saturated heterocycles. The van der Waals surface area contributed by atoms with Crippen LogP contribution < -0.4 is 5.32 Å². The first kappa shape index (κ1) is 66.9. The maximum Gasteiger partial charge on any atom is 0.0286 e. The Kier molecular flexibility index (Phi) is 60.1. The monoisotopic (exact) mass is 837 g/mol. The normalized spacial score (nSPS) is 9.98. The minimum Gasteiger partial charge on any atom is -0.309 e. The van der Waals surface area contributed by atoms with E-state index in [1.165, 1.54) is 44.5 Å². The predicted octanol–water partition coefficient (Wildman–Crippen LogP) is 16.6. The van der Waals surface area contributed by atoms with Crippen LogP contribution in [-0.4, -0.2) is 11.9 Å². The van der Waals surface area contributed by atoms with E-state index in [0.717, 1.165) is 36.8 Å². The quantitative estimate of drug-likeness (QED) is 0.202. The first-order valence-corrected chi connectivity index (χ1v) is 19.0. The molecule has 0 aromatic heterocycles. The molecule has 2 aliphatic heterocycles. The summed E-state index contributed by atoms with van der Waals surface area (Å²) in [6, 6.07) is 33.9. The van der Waals surface area contributed by atoms with Gasteiger partial charge in [0.25, 0.3) is 0 Å². The molecule has 0 fully saturated rings. The maximum atomic E-state index is 3.43. The van der Waals surface area contributed by atoms with E-state index in [1.807, 2.05) is 55.4 Å². The third-order valence-corrected chi connectivity index (χ3v) is 7.79. The molecule has 0 aliphatic carbocycles. The standard InChI is InChI=1S/C9H11N.C8H8Br2.C8H9N.C8H10.4C2H6.6CH4/c1-10-6-8-4-2-3-5-9(8)7-10;9-5-7-3-1-2-4-8(7)6-10;1-2-4-8-6-9-5-7(8)3-1;1-7-5-3-4-6-8(7)2;4*1-2;;;;;;/h2-5H,6-7H2,1H3;1-4H,5-6H2;1-4,9H,5-6H2;3-6H,1-2H3;4*1-2H3;6*1H4. The lowest BCUT2D eigenvalue weighted by molar-refractivity contribution is 0.353. The second-order valence-corrected chi connectivity index (χ2v) is 10.6. The van der Waals surface area contributed by atoms with Crippen molar-refractivity contribution < 1.29 is 0 Å². The highest BCUT2D eigenvalue weighted by atomic mass is 79.9. The van der Waals surface area contributed by atoms with E-state index in [-0.39, 0.29) is 44.6 Å². The Bertz CT molecular complexity index is 1150. The number of rotatable bonds is 2. The van der Waals surface area contributed by atoms with E-state index in [4.69, 9.17) is 0 Å². The van der Waals surface area contributed by atoms with Gasteiger partial charge >= 0.3 is 0 Å². The van der Waals surface area contributed by atoms with Gasteiger partial charge in [0.2, 0.25) is 0 Å². The number of aryl methyl sites for hydroxylation is 2. The van der Waals surface area contributed by atoms with Crippen molar-refractivity contribution in [1.29, 1.82) is 0 Å². The number of hydrogen-bond donors (Lipinski definition) is 1. The molecular weight excluding hydrogens is 752 g/mol. The third-order valence-electron chi connectivity index (χ3n) is 6.58. The number of fused-ring (bicyclic) bond motifs is 2.